The Morgan fingerprint density at radius 1 is 1.15 bits per heavy atom. The lowest BCUT2D eigenvalue weighted by molar-refractivity contribution is 0.0917. The molecule has 2 aromatic carbocycles. The van der Waals surface area contributed by atoms with Gasteiger partial charge >= 0.3 is 0 Å². The fraction of sp³-hybridized carbons (Fsp3) is 0.0714. The highest BCUT2D eigenvalue weighted by molar-refractivity contribution is 6.42. The van der Waals surface area contributed by atoms with Crippen LogP contribution in [0.15, 0.2) is 36.4 Å². The van der Waals surface area contributed by atoms with Crippen LogP contribution in [-0.2, 0) is 0 Å². The van der Waals surface area contributed by atoms with Gasteiger partial charge in [-0.05, 0) is 30.3 Å². The predicted octanol–water partition coefficient (Wildman–Crippen LogP) is 4.53. The maximum Gasteiger partial charge on any atom is 0.203 e. The first-order valence-corrected chi connectivity index (χ1v) is 6.29. The lowest BCUT2D eigenvalue weighted by Crippen LogP contribution is -2.13. The van der Waals surface area contributed by atoms with E-state index in [4.69, 9.17) is 27.9 Å². The van der Waals surface area contributed by atoms with Gasteiger partial charge in [0.15, 0.2) is 6.61 Å². The highest BCUT2D eigenvalue weighted by atomic mass is 35.5. The SMILES string of the molecule is O=C(COc1cccc(Cl)c1Cl)c1cc(F)ccc1F. The van der Waals surface area contributed by atoms with Crippen LogP contribution in [0.3, 0.4) is 0 Å². The van der Waals surface area contributed by atoms with E-state index in [1.807, 2.05) is 0 Å². The Labute approximate surface area is 123 Å². The number of Topliss-reactive ketones (excluding diaryl/α,β-unsaturated/α-hetero) is 1. The molecule has 0 radical (unpaired) electrons. The molecule has 0 fully saturated rings. The van der Waals surface area contributed by atoms with Crippen LogP contribution in [0.2, 0.25) is 10.0 Å². The van der Waals surface area contributed by atoms with E-state index in [1.54, 1.807) is 12.1 Å². The van der Waals surface area contributed by atoms with Crippen molar-refractivity contribution >= 4 is 29.0 Å². The summed E-state index contributed by atoms with van der Waals surface area (Å²) in [5, 5.41) is 0.426. The molecule has 0 aromatic heterocycles. The molecule has 0 aliphatic heterocycles. The van der Waals surface area contributed by atoms with Gasteiger partial charge in [0.25, 0.3) is 0 Å². The summed E-state index contributed by atoms with van der Waals surface area (Å²) in [7, 11) is 0. The monoisotopic (exact) mass is 316 g/mol. The number of carbonyl (C=O) groups excluding carboxylic acids is 1. The molecule has 0 N–H and O–H groups in total. The quantitative estimate of drug-likeness (QED) is 0.774. The highest BCUT2D eigenvalue weighted by Gasteiger charge is 2.14. The summed E-state index contributed by atoms with van der Waals surface area (Å²) >= 11 is 11.7. The number of hydrogen-bond donors (Lipinski definition) is 0. The molecule has 0 atom stereocenters. The summed E-state index contributed by atoms with van der Waals surface area (Å²) < 4.78 is 31.6. The number of ketones is 1. The van der Waals surface area contributed by atoms with Gasteiger partial charge in [0.05, 0.1) is 10.6 Å². The van der Waals surface area contributed by atoms with Gasteiger partial charge < -0.3 is 4.74 Å². The van der Waals surface area contributed by atoms with Crippen LogP contribution in [0.5, 0.6) is 5.75 Å². The third-order valence-electron chi connectivity index (χ3n) is 2.50. The largest absolute Gasteiger partial charge is 0.484 e. The first-order chi connectivity index (χ1) is 9.49. The van der Waals surface area contributed by atoms with Crippen molar-refractivity contribution in [3.8, 4) is 5.75 Å². The lowest BCUT2D eigenvalue weighted by Gasteiger charge is -2.08. The van der Waals surface area contributed by atoms with Crippen molar-refractivity contribution in [1.82, 2.24) is 0 Å². The molecule has 0 amide bonds. The van der Waals surface area contributed by atoms with Crippen LogP contribution in [0.25, 0.3) is 0 Å². The molecule has 0 spiro atoms. The van der Waals surface area contributed by atoms with E-state index < -0.39 is 24.0 Å². The smallest absolute Gasteiger partial charge is 0.203 e. The Hall–Kier alpha value is -1.65. The molecule has 20 heavy (non-hydrogen) atoms. The Balaban J connectivity index is 2.13. The van der Waals surface area contributed by atoms with E-state index in [0.717, 1.165) is 18.2 Å². The van der Waals surface area contributed by atoms with E-state index >= 15 is 0 Å². The second-order valence-electron chi connectivity index (χ2n) is 3.89. The Bertz CT molecular complexity index is 660. The molecule has 0 saturated carbocycles. The van der Waals surface area contributed by atoms with E-state index in [2.05, 4.69) is 0 Å². The molecule has 0 bridgehead atoms. The van der Waals surface area contributed by atoms with E-state index in [0.29, 0.717) is 0 Å². The van der Waals surface area contributed by atoms with Gasteiger partial charge in [-0.3, -0.25) is 4.79 Å². The Morgan fingerprint density at radius 3 is 2.65 bits per heavy atom. The summed E-state index contributed by atoms with van der Waals surface area (Å²) in [5.74, 6) is -2.00. The second kappa shape index (κ2) is 6.20. The maximum absolute atomic E-state index is 13.4. The Morgan fingerprint density at radius 2 is 1.90 bits per heavy atom. The molecule has 104 valence electrons. The summed E-state index contributed by atoms with van der Waals surface area (Å²) in [6.45, 7) is -0.472. The minimum Gasteiger partial charge on any atom is -0.484 e. The molecule has 6 heteroatoms. The van der Waals surface area contributed by atoms with Crippen molar-refractivity contribution < 1.29 is 18.3 Å². The van der Waals surface area contributed by atoms with Gasteiger partial charge in [-0.25, -0.2) is 8.78 Å². The topological polar surface area (TPSA) is 26.3 Å². The van der Waals surface area contributed by atoms with Crippen molar-refractivity contribution in [3.63, 3.8) is 0 Å². The summed E-state index contributed by atoms with van der Waals surface area (Å²) in [6, 6.07) is 7.31. The summed E-state index contributed by atoms with van der Waals surface area (Å²) in [6.07, 6.45) is 0. The number of halogens is 4. The first-order valence-electron chi connectivity index (χ1n) is 5.54. The lowest BCUT2D eigenvalue weighted by atomic mass is 10.1. The van der Waals surface area contributed by atoms with Crippen LogP contribution in [0.4, 0.5) is 8.78 Å². The van der Waals surface area contributed by atoms with E-state index in [1.165, 1.54) is 6.07 Å². The highest BCUT2D eigenvalue weighted by Crippen LogP contribution is 2.31. The third kappa shape index (κ3) is 3.26. The van der Waals surface area contributed by atoms with Gasteiger partial charge in [0.2, 0.25) is 5.78 Å². The molecule has 0 heterocycles. The molecular weight excluding hydrogens is 309 g/mol. The molecule has 2 aromatic rings. The standard InChI is InChI=1S/C14H8Cl2F2O2/c15-10-2-1-3-13(14(10)16)20-7-12(19)9-6-8(17)4-5-11(9)18/h1-6H,7H2. The fourth-order valence-electron chi connectivity index (χ4n) is 1.53. The van der Waals surface area contributed by atoms with Crippen LogP contribution in [0.1, 0.15) is 10.4 Å². The predicted molar refractivity (Wildman–Crippen MR) is 72.6 cm³/mol. The molecule has 2 nitrogen and oxygen atoms in total. The fourth-order valence-corrected chi connectivity index (χ4v) is 1.87. The number of ether oxygens (including phenoxy) is 1. The average Bonchev–Trinajstić information content (AvgIpc) is 2.43. The zero-order valence-corrected chi connectivity index (χ0v) is 11.5. The van der Waals surface area contributed by atoms with E-state index in [9.17, 15) is 13.6 Å². The van der Waals surface area contributed by atoms with Gasteiger partial charge in [0.1, 0.15) is 22.4 Å². The van der Waals surface area contributed by atoms with Crippen molar-refractivity contribution in [2.45, 2.75) is 0 Å². The zero-order valence-electron chi connectivity index (χ0n) is 10.00. The normalized spacial score (nSPS) is 10.4. The van der Waals surface area contributed by atoms with E-state index in [-0.39, 0.29) is 21.4 Å². The molecule has 0 aliphatic rings. The van der Waals surface area contributed by atoms with Crippen LogP contribution >= 0.6 is 23.2 Å². The molecular formula is C14H8Cl2F2O2. The van der Waals surface area contributed by atoms with Crippen LogP contribution in [0, 0.1) is 11.6 Å². The number of carbonyl (C=O) groups is 1. The number of rotatable bonds is 4. The Kier molecular flexibility index (Phi) is 4.57. The molecule has 0 unspecified atom stereocenters. The minimum absolute atomic E-state index is 0.154. The van der Waals surface area contributed by atoms with Gasteiger partial charge in [0, 0.05) is 0 Å². The summed E-state index contributed by atoms with van der Waals surface area (Å²) in [5.41, 5.74) is -0.372. The average molecular weight is 317 g/mol. The zero-order chi connectivity index (χ0) is 14.7. The van der Waals surface area contributed by atoms with Gasteiger partial charge in [-0.1, -0.05) is 29.3 Å². The molecule has 0 aliphatic carbocycles. The summed E-state index contributed by atoms with van der Waals surface area (Å²) in [4.78, 5) is 11.8. The van der Waals surface area contributed by atoms with Crippen LogP contribution < -0.4 is 4.74 Å². The molecule has 0 saturated heterocycles. The number of benzene rings is 2. The number of hydrogen-bond acceptors (Lipinski definition) is 2. The second-order valence-corrected chi connectivity index (χ2v) is 4.67. The molecule has 2 rings (SSSR count). The van der Waals surface area contributed by atoms with Gasteiger partial charge in [-0.15, -0.1) is 0 Å². The van der Waals surface area contributed by atoms with Crippen molar-refractivity contribution in [2.75, 3.05) is 6.61 Å². The van der Waals surface area contributed by atoms with Crippen LogP contribution in [-0.4, -0.2) is 12.4 Å². The maximum atomic E-state index is 13.4. The minimum atomic E-state index is -0.808. The third-order valence-corrected chi connectivity index (χ3v) is 3.31. The van der Waals surface area contributed by atoms with Gasteiger partial charge in [-0.2, -0.15) is 0 Å². The van der Waals surface area contributed by atoms with Crippen molar-refractivity contribution in [3.05, 3.63) is 63.6 Å². The van der Waals surface area contributed by atoms with Crippen molar-refractivity contribution in [2.24, 2.45) is 0 Å². The first kappa shape index (κ1) is 14.8. The van der Waals surface area contributed by atoms with Crippen molar-refractivity contribution in [1.29, 1.82) is 0 Å².